The number of nitrogens with one attached hydrogen (secondary N) is 1. The molecule has 2 fully saturated rings. The van der Waals surface area contributed by atoms with E-state index in [1.54, 1.807) is 48.4 Å². The van der Waals surface area contributed by atoms with Gasteiger partial charge in [-0.3, -0.25) is 9.78 Å². The molecular weight excluding hydrogens is 346 g/mol. The van der Waals surface area contributed by atoms with Crippen molar-refractivity contribution in [3.63, 3.8) is 0 Å². The highest BCUT2D eigenvalue weighted by Crippen LogP contribution is 2.32. The Labute approximate surface area is 157 Å². The molecule has 8 nitrogen and oxygen atoms in total. The largest absolute Gasteiger partial charge is 0.439 e. The van der Waals surface area contributed by atoms with Crippen LogP contribution >= 0.6 is 0 Å². The monoisotopic (exact) mass is 367 g/mol. The van der Waals surface area contributed by atoms with Gasteiger partial charge in [-0.25, -0.2) is 9.78 Å². The normalized spacial score (nSPS) is 21.6. The third-order valence-corrected chi connectivity index (χ3v) is 5.08. The Balaban J connectivity index is 1.50. The van der Waals surface area contributed by atoms with Gasteiger partial charge in [0.2, 0.25) is 0 Å². The molecule has 8 heteroatoms. The number of hydrogen-bond acceptors (Lipinski definition) is 6. The van der Waals surface area contributed by atoms with E-state index in [0.717, 1.165) is 11.3 Å². The highest BCUT2D eigenvalue weighted by molar-refractivity contribution is 5.95. The molecular formula is C19H21N5O3. The molecule has 1 spiro atoms. The number of likely N-dealkylation sites (N-methyl/N-ethyl adjacent to an activating group) is 1. The zero-order valence-electron chi connectivity index (χ0n) is 15.3. The summed E-state index contributed by atoms with van der Waals surface area (Å²) in [7, 11) is 3.51. The van der Waals surface area contributed by atoms with E-state index in [-0.39, 0.29) is 12.0 Å². The van der Waals surface area contributed by atoms with Gasteiger partial charge in [0.05, 0.1) is 13.1 Å². The lowest BCUT2D eigenvalue weighted by Crippen LogP contribution is -2.39. The zero-order chi connectivity index (χ0) is 19.0. The van der Waals surface area contributed by atoms with Crippen LogP contribution in [0.1, 0.15) is 16.8 Å². The first-order chi connectivity index (χ1) is 13.0. The summed E-state index contributed by atoms with van der Waals surface area (Å²) < 4.78 is 5.51. The lowest BCUT2D eigenvalue weighted by Gasteiger charge is -2.21. The van der Waals surface area contributed by atoms with Crippen molar-refractivity contribution in [3.8, 4) is 11.3 Å². The molecule has 140 valence electrons. The topological polar surface area (TPSA) is 87.7 Å². The number of benzene rings is 1. The first kappa shape index (κ1) is 17.3. The van der Waals surface area contributed by atoms with E-state index in [9.17, 15) is 9.59 Å². The minimum Gasteiger partial charge on any atom is -0.439 e. The van der Waals surface area contributed by atoms with Gasteiger partial charge in [-0.1, -0.05) is 12.1 Å². The molecule has 1 atom stereocenters. The molecule has 3 heterocycles. The highest BCUT2D eigenvalue weighted by Gasteiger charge is 2.49. The Kier molecular flexibility index (Phi) is 4.18. The van der Waals surface area contributed by atoms with Gasteiger partial charge >= 0.3 is 6.09 Å². The Morgan fingerprint density at radius 2 is 1.93 bits per heavy atom. The van der Waals surface area contributed by atoms with E-state index >= 15 is 0 Å². The number of hydrogen-bond donors (Lipinski definition) is 1. The summed E-state index contributed by atoms with van der Waals surface area (Å²) in [6, 6.07) is 7.33. The zero-order valence-corrected chi connectivity index (χ0v) is 15.3. The van der Waals surface area contributed by atoms with Crippen molar-refractivity contribution >= 4 is 17.8 Å². The molecule has 2 saturated heterocycles. The van der Waals surface area contributed by atoms with Gasteiger partial charge in [0.15, 0.2) is 11.4 Å². The van der Waals surface area contributed by atoms with Crippen LogP contribution in [0, 0.1) is 0 Å². The summed E-state index contributed by atoms with van der Waals surface area (Å²) in [5, 5.41) is 3.02. The minimum atomic E-state index is -0.567. The van der Waals surface area contributed by atoms with Crippen LogP contribution in [0.2, 0.25) is 0 Å². The molecule has 0 saturated carbocycles. The fourth-order valence-electron chi connectivity index (χ4n) is 3.71. The van der Waals surface area contributed by atoms with E-state index in [1.807, 2.05) is 12.1 Å². The van der Waals surface area contributed by atoms with Crippen LogP contribution in [-0.4, -0.2) is 71.1 Å². The molecule has 4 rings (SSSR count). The summed E-state index contributed by atoms with van der Waals surface area (Å²) in [5.74, 6) is 0.627. The molecule has 0 bridgehead atoms. The minimum absolute atomic E-state index is 0.0583. The predicted molar refractivity (Wildman–Crippen MR) is 99.4 cm³/mol. The Bertz CT molecular complexity index is 885. The number of carbonyl (C=O) groups is 2. The van der Waals surface area contributed by atoms with Crippen LogP contribution in [0.4, 0.5) is 10.6 Å². The molecule has 2 aliphatic heterocycles. The van der Waals surface area contributed by atoms with Crippen LogP contribution < -0.4 is 5.32 Å². The maximum absolute atomic E-state index is 12.9. The van der Waals surface area contributed by atoms with Crippen molar-refractivity contribution < 1.29 is 14.3 Å². The number of nitrogens with zero attached hydrogens (tertiary/aromatic N) is 4. The van der Waals surface area contributed by atoms with Crippen molar-refractivity contribution in [2.45, 2.75) is 12.0 Å². The quantitative estimate of drug-likeness (QED) is 0.891. The molecule has 2 aliphatic rings. The summed E-state index contributed by atoms with van der Waals surface area (Å²) in [6.07, 6.45) is 3.61. The third-order valence-electron chi connectivity index (χ3n) is 5.08. The maximum atomic E-state index is 12.9. The van der Waals surface area contributed by atoms with Gasteiger partial charge in [-0.2, -0.15) is 0 Å². The van der Waals surface area contributed by atoms with Crippen LogP contribution in [0.25, 0.3) is 11.3 Å². The molecule has 2 amide bonds. The average molecular weight is 367 g/mol. The van der Waals surface area contributed by atoms with E-state index in [2.05, 4.69) is 15.3 Å². The second-order valence-corrected chi connectivity index (χ2v) is 6.96. The van der Waals surface area contributed by atoms with Gasteiger partial charge in [0, 0.05) is 50.6 Å². The van der Waals surface area contributed by atoms with Gasteiger partial charge in [-0.05, 0) is 12.1 Å². The number of carbonyl (C=O) groups excluding carboxylic acids is 2. The smallest absolute Gasteiger partial charge is 0.410 e. The van der Waals surface area contributed by atoms with Crippen molar-refractivity contribution in [2.24, 2.45) is 0 Å². The lowest BCUT2D eigenvalue weighted by atomic mass is 10.0. The molecule has 0 unspecified atom stereocenters. The third kappa shape index (κ3) is 3.07. The number of ether oxygens (including phenoxy) is 1. The molecule has 1 aromatic carbocycles. The Morgan fingerprint density at radius 3 is 2.59 bits per heavy atom. The maximum Gasteiger partial charge on any atom is 0.410 e. The van der Waals surface area contributed by atoms with E-state index in [0.29, 0.717) is 37.4 Å². The molecule has 2 aromatic rings. The van der Waals surface area contributed by atoms with Crippen LogP contribution in [-0.2, 0) is 4.74 Å². The van der Waals surface area contributed by atoms with Crippen LogP contribution in [0.3, 0.4) is 0 Å². The van der Waals surface area contributed by atoms with Crippen LogP contribution in [0.15, 0.2) is 36.7 Å². The standard InChI is InChI=1S/C19H21N5O3/c1-20-16-15(21-8-9-22-16)13-3-5-14(6-4-13)17(25)24-10-7-19(12-24)11-23(2)18(26)27-19/h3-6,8-9H,7,10-12H2,1-2H3,(H,20,22)/t19-/m0/s1. The summed E-state index contributed by atoms with van der Waals surface area (Å²) in [6.45, 7) is 1.53. The number of rotatable bonds is 3. The van der Waals surface area contributed by atoms with Gasteiger partial charge < -0.3 is 19.9 Å². The molecule has 27 heavy (non-hydrogen) atoms. The first-order valence-electron chi connectivity index (χ1n) is 8.84. The van der Waals surface area contributed by atoms with Gasteiger partial charge in [0.1, 0.15) is 5.69 Å². The Hall–Kier alpha value is -3.16. The number of aromatic nitrogens is 2. The number of anilines is 1. The summed E-state index contributed by atoms with van der Waals surface area (Å²) >= 11 is 0. The van der Waals surface area contributed by atoms with E-state index < -0.39 is 5.60 Å². The second-order valence-electron chi connectivity index (χ2n) is 6.96. The first-order valence-corrected chi connectivity index (χ1v) is 8.84. The number of likely N-dealkylation sites (tertiary alicyclic amines) is 1. The van der Waals surface area contributed by atoms with E-state index in [4.69, 9.17) is 4.74 Å². The van der Waals surface area contributed by atoms with Crippen LogP contribution in [0.5, 0.6) is 0 Å². The average Bonchev–Trinajstić information content (AvgIpc) is 3.23. The molecule has 1 aromatic heterocycles. The summed E-state index contributed by atoms with van der Waals surface area (Å²) in [4.78, 5) is 36.5. The fraction of sp³-hybridized carbons (Fsp3) is 0.368. The van der Waals surface area contributed by atoms with Gasteiger partial charge in [0.25, 0.3) is 5.91 Å². The predicted octanol–water partition coefficient (Wildman–Crippen LogP) is 1.85. The van der Waals surface area contributed by atoms with Crippen molar-refractivity contribution in [1.29, 1.82) is 0 Å². The second kappa shape index (κ2) is 6.53. The van der Waals surface area contributed by atoms with Crippen molar-refractivity contribution in [3.05, 3.63) is 42.2 Å². The number of amides is 2. The van der Waals surface area contributed by atoms with Crippen molar-refractivity contribution in [1.82, 2.24) is 19.8 Å². The molecule has 1 N–H and O–H groups in total. The fourth-order valence-corrected chi connectivity index (χ4v) is 3.71. The SMILES string of the molecule is CNc1nccnc1-c1ccc(C(=O)N2CC[C@]3(CN(C)C(=O)O3)C2)cc1. The summed E-state index contributed by atoms with van der Waals surface area (Å²) in [5.41, 5.74) is 1.65. The molecule has 0 aliphatic carbocycles. The van der Waals surface area contributed by atoms with Crippen molar-refractivity contribution in [2.75, 3.05) is 39.0 Å². The lowest BCUT2D eigenvalue weighted by molar-refractivity contribution is 0.0553. The van der Waals surface area contributed by atoms with E-state index in [1.165, 1.54) is 0 Å². The Morgan fingerprint density at radius 1 is 1.19 bits per heavy atom. The molecule has 0 radical (unpaired) electrons. The highest BCUT2D eigenvalue weighted by atomic mass is 16.6. The van der Waals surface area contributed by atoms with Gasteiger partial charge in [-0.15, -0.1) is 0 Å².